The van der Waals surface area contributed by atoms with Gasteiger partial charge in [-0.3, -0.25) is 34.0 Å². The molecule has 2 saturated heterocycles. The number of nitrogens with one attached hydrogen (secondary N) is 4. The summed E-state index contributed by atoms with van der Waals surface area (Å²) in [7, 11) is 1.50. The van der Waals surface area contributed by atoms with Gasteiger partial charge in [0.15, 0.2) is 0 Å². The molecule has 2 unspecified atom stereocenters. The number of hydrogen-bond acceptors (Lipinski definition) is 12. The topological polar surface area (TPSA) is 184 Å². The number of aliphatic imine (C=N–C) groups is 2. The molecule has 65 heavy (non-hydrogen) atoms. The van der Waals surface area contributed by atoms with Crippen LogP contribution in [0.1, 0.15) is 79.9 Å². The first kappa shape index (κ1) is 47.8. The van der Waals surface area contributed by atoms with Crippen molar-refractivity contribution in [2.24, 2.45) is 9.98 Å². The van der Waals surface area contributed by atoms with Crippen LogP contribution in [0.5, 0.6) is 0 Å². The van der Waals surface area contributed by atoms with Gasteiger partial charge < -0.3 is 35.9 Å². The largest absolute Gasteiger partial charge is 0.371 e. The van der Waals surface area contributed by atoms with E-state index in [1.165, 1.54) is 25.7 Å². The quantitative estimate of drug-likeness (QED) is 0.0410. The number of hydrogen-bond donors (Lipinski definition) is 4. The highest BCUT2D eigenvalue weighted by Crippen LogP contribution is 2.35. The Morgan fingerprint density at radius 1 is 0.923 bits per heavy atom. The number of piperidine rings is 1. The smallest absolute Gasteiger partial charge is 0.261 e. The van der Waals surface area contributed by atoms with Crippen LogP contribution in [-0.4, -0.2) is 129 Å². The van der Waals surface area contributed by atoms with Crippen molar-refractivity contribution in [3.63, 3.8) is 0 Å². The van der Waals surface area contributed by atoms with Gasteiger partial charge in [0.2, 0.25) is 11.8 Å². The van der Waals surface area contributed by atoms with Crippen molar-refractivity contribution in [3.8, 4) is 0 Å². The predicted octanol–water partition coefficient (Wildman–Crippen LogP) is 5.16. The molecule has 344 valence electrons. The fraction of sp³-hybridized carbons (Fsp3) is 0.429. The molecule has 3 heterocycles. The Morgan fingerprint density at radius 3 is 2.22 bits per heavy atom. The van der Waals surface area contributed by atoms with E-state index in [1.54, 1.807) is 18.2 Å². The number of aromatic nitrogens is 1. The molecule has 0 bridgehead atoms. The van der Waals surface area contributed by atoms with E-state index >= 15 is 0 Å². The zero-order chi connectivity index (χ0) is 46.3. The van der Waals surface area contributed by atoms with Crippen LogP contribution in [0.25, 0.3) is 0 Å². The summed E-state index contributed by atoms with van der Waals surface area (Å²) in [6, 6.07) is 19.0. The van der Waals surface area contributed by atoms with Crippen molar-refractivity contribution >= 4 is 65.3 Å². The number of amides is 4. The van der Waals surface area contributed by atoms with Gasteiger partial charge in [0.05, 0.1) is 11.6 Å². The number of piperazine rings is 1. The third kappa shape index (κ3) is 12.3. The number of nitrogens with zero attached hydrogens (tertiary/aromatic N) is 7. The fourth-order valence-corrected chi connectivity index (χ4v) is 8.87. The van der Waals surface area contributed by atoms with Gasteiger partial charge in [0, 0.05) is 113 Å². The lowest BCUT2D eigenvalue weighted by atomic mass is 10.0. The number of carbonyl (C=O) groups excluding carboxylic acids is 5. The number of benzene rings is 2. The standard InChI is InChI=1S/C49H63N11O5/c1-6-24-52-48(64)43(31-50-4)47(56-44-20-12-36-9-8-35(7-2)46(36)55-44)54-33-53-38-13-17-40(18-14-38)57-25-22-41(23-26-57)59-29-27-58(28-30-59)39-15-10-37(11-16-39)49(65)60(34(3)62)42(32-61)19-21-45(63)51-5/h6,10-18,20,31-32,35,41-42,53H,1,4,7-9,19,21-30,33H2,2-3,5H3,(H,51,63)(H,52,64)(H,54,55,56)/b43-31+. The van der Waals surface area contributed by atoms with E-state index in [0.29, 0.717) is 42.0 Å². The third-order valence-electron chi connectivity index (χ3n) is 12.5. The average molecular weight is 886 g/mol. The van der Waals surface area contributed by atoms with Gasteiger partial charge in [-0.25, -0.2) is 9.98 Å². The molecule has 2 aromatic carbocycles. The molecule has 2 atom stereocenters. The van der Waals surface area contributed by atoms with E-state index in [4.69, 9.17) is 9.98 Å². The first-order chi connectivity index (χ1) is 31.6. The van der Waals surface area contributed by atoms with Gasteiger partial charge >= 0.3 is 0 Å². The van der Waals surface area contributed by atoms with Crippen molar-refractivity contribution in [2.45, 2.75) is 76.8 Å². The Kier molecular flexibility index (Phi) is 17.1. The van der Waals surface area contributed by atoms with E-state index in [2.05, 4.69) is 91.5 Å². The molecule has 4 amide bonds. The molecular weight excluding hydrogens is 823 g/mol. The third-order valence-corrected chi connectivity index (χ3v) is 12.5. The van der Waals surface area contributed by atoms with Crippen molar-refractivity contribution in [2.75, 3.05) is 80.0 Å². The Balaban J connectivity index is 0.993. The summed E-state index contributed by atoms with van der Waals surface area (Å²) in [5.74, 6) is -0.362. The maximum Gasteiger partial charge on any atom is 0.261 e. The second-order valence-electron chi connectivity index (χ2n) is 16.5. The van der Waals surface area contributed by atoms with Gasteiger partial charge in [-0.15, -0.1) is 6.58 Å². The van der Waals surface area contributed by atoms with Gasteiger partial charge in [-0.05, 0) is 105 Å². The molecule has 6 rings (SSSR count). The molecule has 2 fully saturated rings. The molecule has 0 spiro atoms. The molecule has 2 aliphatic heterocycles. The summed E-state index contributed by atoms with van der Waals surface area (Å²) in [6.07, 6.45) is 8.91. The minimum atomic E-state index is -1.02. The number of rotatable bonds is 19. The number of anilines is 4. The molecule has 1 aliphatic carbocycles. The van der Waals surface area contributed by atoms with Crippen LogP contribution < -0.4 is 31.1 Å². The number of carbonyl (C=O) groups is 5. The Morgan fingerprint density at radius 2 is 1.60 bits per heavy atom. The summed E-state index contributed by atoms with van der Waals surface area (Å²) in [4.78, 5) is 84.4. The molecule has 0 saturated carbocycles. The minimum absolute atomic E-state index is 0.0246. The van der Waals surface area contributed by atoms with Gasteiger partial charge in [-0.1, -0.05) is 19.1 Å². The van der Waals surface area contributed by atoms with Crippen LogP contribution in [0, 0.1) is 0 Å². The number of aldehydes is 1. The number of amidine groups is 1. The maximum absolute atomic E-state index is 13.3. The van der Waals surface area contributed by atoms with E-state index in [9.17, 15) is 24.0 Å². The highest BCUT2D eigenvalue weighted by Gasteiger charge is 2.31. The monoisotopic (exact) mass is 886 g/mol. The van der Waals surface area contributed by atoms with Crippen LogP contribution in [-0.2, 0) is 25.6 Å². The van der Waals surface area contributed by atoms with Gasteiger partial charge in [0.25, 0.3) is 11.8 Å². The second-order valence-corrected chi connectivity index (χ2v) is 16.5. The van der Waals surface area contributed by atoms with Gasteiger partial charge in [-0.2, -0.15) is 0 Å². The van der Waals surface area contributed by atoms with Crippen LogP contribution >= 0.6 is 0 Å². The van der Waals surface area contributed by atoms with Crippen molar-refractivity contribution in [1.82, 2.24) is 25.4 Å². The Bertz CT molecular complexity index is 2230. The summed E-state index contributed by atoms with van der Waals surface area (Å²) in [5.41, 5.74) is 5.97. The van der Waals surface area contributed by atoms with Crippen molar-refractivity contribution in [3.05, 3.63) is 102 Å². The molecule has 3 aromatic rings. The summed E-state index contributed by atoms with van der Waals surface area (Å²) in [6.45, 7) is 16.7. The van der Waals surface area contributed by atoms with E-state index < -0.39 is 17.9 Å². The number of imide groups is 1. The molecular formula is C49H63N11O5. The minimum Gasteiger partial charge on any atom is -0.371 e. The Hall–Kier alpha value is -6.68. The van der Waals surface area contributed by atoms with E-state index in [0.717, 1.165) is 99.0 Å². The lowest BCUT2D eigenvalue weighted by molar-refractivity contribution is -0.132. The molecule has 0 radical (unpaired) electrons. The van der Waals surface area contributed by atoms with E-state index in [-0.39, 0.29) is 36.9 Å². The first-order valence-electron chi connectivity index (χ1n) is 22.6. The molecule has 16 heteroatoms. The van der Waals surface area contributed by atoms with E-state index in [1.807, 2.05) is 18.2 Å². The lowest BCUT2D eigenvalue weighted by Crippen LogP contribution is -2.53. The van der Waals surface area contributed by atoms with Crippen LogP contribution in [0.15, 0.2) is 95.1 Å². The van der Waals surface area contributed by atoms with Gasteiger partial charge in [0.1, 0.15) is 24.6 Å². The summed E-state index contributed by atoms with van der Waals surface area (Å²) < 4.78 is 0. The summed E-state index contributed by atoms with van der Waals surface area (Å²) in [5, 5.41) is 12.0. The Labute approximate surface area is 382 Å². The van der Waals surface area contributed by atoms with Crippen molar-refractivity contribution in [1.29, 1.82) is 0 Å². The molecule has 1 aromatic heterocycles. The zero-order valence-corrected chi connectivity index (χ0v) is 37.9. The average Bonchev–Trinajstić information content (AvgIpc) is 3.76. The number of aryl methyl sites for hydroxylation is 1. The highest BCUT2D eigenvalue weighted by molar-refractivity contribution is 6.25. The van der Waals surface area contributed by atoms with Crippen LogP contribution in [0.4, 0.5) is 22.9 Å². The number of fused-ring (bicyclic) bond motifs is 1. The predicted molar refractivity (Wildman–Crippen MR) is 258 cm³/mol. The second kappa shape index (κ2) is 23.3. The summed E-state index contributed by atoms with van der Waals surface area (Å²) >= 11 is 0. The molecule has 16 nitrogen and oxygen atoms in total. The first-order valence-corrected chi connectivity index (χ1v) is 22.6. The maximum atomic E-state index is 13.3. The van der Waals surface area contributed by atoms with Crippen LogP contribution in [0.2, 0.25) is 0 Å². The zero-order valence-electron chi connectivity index (χ0n) is 37.9. The normalized spacial score (nSPS) is 17.4. The number of pyridine rings is 1. The van der Waals surface area contributed by atoms with Crippen molar-refractivity contribution < 1.29 is 24.0 Å². The molecule has 3 aliphatic rings. The SMILES string of the molecule is C=CCNC(=O)C(=C/N=C)/C(=N\CNc1ccc(N2CCC(N3CCN(c4ccc(C(=O)N(C(C)=O)C(C=O)CCC(=O)NC)cc4)CC3)CC2)cc1)Nc1ccc2c(n1)C(CC)CC2. The lowest BCUT2D eigenvalue weighted by Gasteiger charge is -2.43. The fourth-order valence-electron chi connectivity index (χ4n) is 8.87. The van der Waals surface area contributed by atoms with Crippen LogP contribution in [0.3, 0.4) is 0 Å². The molecule has 4 N–H and O–H groups in total. The highest BCUT2D eigenvalue weighted by atomic mass is 16.2.